The molecule has 1 unspecified atom stereocenters. The highest BCUT2D eigenvalue weighted by atomic mass is 16.5. The van der Waals surface area contributed by atoms with E-state index in [1.807, 2.05) is 48.5 Å². The second-order valence-electron chi connectivity index (χ2n) is 10.4. The predicted molar refractivity (Wildman–Crippen MR) is 160 cm³/mol. The molecule has 212 valence electrons. The van der Waals surface area contributed by atoms with Gasteiger partial charge in [-0.15, -0.1) is 0 Å². The number of carbonyl (C=O) groups excluding carboxylic acids is 1. The van der Waals surface area contributed by atoms with Gasteiger partial charge < -0.3 is 19.9 Å². The molecule has 0 aliphatic carbocycles. The Kier molecular flexibility index (Phi) is 10.2. The van der Waals surface area contributed by atoms with E-state index in [0.717, 1.165) is 23.1 Å². The quantitative estimate of drug-likeness (QED) is 0.176. The number of amides is 1. The Bertz CT molecular complexity index is 1420. The van der Waals surface area contributed by atoms with Gasteiger partial charge in [-0.2, -0.15) is 0 Å². The standard InChI is InChI=1S/C35H37NO5/c1-3-4-9-26-14-16-28(17-15-26)25-40-31-20-18-30(19-21-31)33(37)36-35(2,34(38)39)23-29-12-8-13-32(22-29)41-24-27-10-6-5-7-11-27/h5-8,10-22H,3-4,9,23-25H2,1-2H3,(H,36,37)(H,38,39). The molecule has 41 heavy (non-hydrogen) atoms. The first-order chi connectivity index (χ1) is 19.8. The summed E-state index contributed by atoms with van der Waals surface area (Å²) in [6.07, 6.45) is 3.53. The van der Waals surface area contributed by atoms with Crippen molar-refractivity contribution in [3.63, 3.8) is 0 Å². The zero-order chi connectivity index (χ0) is 29.1. The molecule has 0 aromatic heterocycles. The lowest BCUT2D eigenvalue weighted by Crippen LogP contribution is -2.53. The first-order valence-electron chi connectivity index (χ1n) is 14.0. The van der Waals surface area contributed by atoms with Crippen molar-refractivity contribution in [2.45, 2.75) is 58.3 Å². The Morgan fingerprint density at radius 2 is 1.34 bits per heavy atom. The van der Waals surface area contributed by atoms with Crippen LogP contribution in [0.15, 0.2) is 103 Å². The summed E-state index contributed by atoms with van der Waals surface area (Å²) in [6, 6.07) is 32.2. The lowest BCUT2D eigenvalue weighted by Gasteiger charge is -2.26. The molecule has 0 aliphatic heterocycles. The Balaban J connectivity index is 1.34. The Hall–Kier alpha value is -4.58. The van der Waals surface area contributed by atoms with Gasteiger partial charge in [0.2, 0.25) is 0 Å². The highest BCUT2D eigenvalue weighted by Crippen LogP contribution is 2.21. The summed E-state index contributed by atoms with van der Waals surface area (Å²) in [5.74, 6) is -0.332. The minimum absolute atomic E-state index is 0.0923. The first-order valence-corrected chi connectivity index (χ1v) is 14.0. The van der Waals surface area contributed by atoms with Crippen LogP contribution in [0.1, 0.15) is 59.3 Å². The summed E-state index contributed by atoms with van der Waals surface area (Å²) < 4.78 is 11.8. The monoisotopic (exact) mass is 551 g/mol. The summed E-state index contributed by atoms with van der Waals surface area (Å²) in [5.41, 5.74) is 3.00. The fourth-order valence-corrected chi connectivity index (χ4v) is 4.44. The number of hydrogen-bond donors (Lipinski definition) is 2. The van der Waals surface area contributed by atoms with E-state index in [1.54, 1.807) is 30.3 Å². The van der Waals surface area contributed by atoms with Gasteiger partial charge in [0.1, 0.15) is 30.3 Å². The van der Waals surface area contributed by atoms with Gasteiger partial charge in [-0.05, 0) is 78.4 Å². The van der Waals surface area contributed by atoms with Gasteiger partial charge in [0.25, 0.3) is 5.91 Å². The molecule has 2 N–H and O–H groups in total. The summed E-state index contributed by atoms with van der Waals surface area (Å²) >= 11 is 0. The van der Waals surface area contributed by atoms with Gasteiger partial charge in [0.05, 0.1) is 0 Å². The number of unbranched alkanes of at least 4 members (excludes halogenated alkanes) is 1. The van der Waals surface area contributed by atoms with Crippen LogP contribution in [0.25, 0.3) is 0 Å². The molecule has 0 radical (unpaired) electrons. The molecule has 4 aromatic carbocycles. The van der Waals surface area contributed by atoms with E-state index >= 15 is 0 Å². The van der Waals surface area contributed by atoms with Gasteiger partial charge in [-0.3, -0.25) is 4.79 Å². The molecule has 0 aliphatic rings. The van der Waals surface area contributed by atoms with Gasteiger partial charge in [0, 0.05) is 12.0 Å². The van der Waals surface area contributed by atoms with Crippen LogP contribution in [0.3, 0.4) is 0 Å². The zero-order valence-electron chi connectivity index (χ0n) is 23.6. The Labute approximate surface area is 242 Å². The van der Waals surface area contributed by atoms with Crippen LogP contribution in [-0.2, 0) is 30.8 Å². The predicted octanol–water partition coefficient (Wildman–Crippen LogP) is 7.00. The van der Waals surface area contributed by atoms with Crippen molar-refractivity contribution in [2.75, 3.05) is 0 Å². The molecule has 4 rings (SSSR count). The van der Waals surface area contributed by atoms with Gasteiger partial charge in [-0.25, -0.2) is 4.79 Å². The third kappa shape index (κ3) is 8.70. The third-order valence-corrected chi connectivity index (χ3v) is 6.93. The van der Waals surface area contributed by atoms with Gasteiger partial charge >= 0.3 is 5.97 Å². The normalized spacial score (nSPS) is 12.2. The second-order valence-corrected chi connectivity index (χ2v) is 10.4. The Morgan fingerprint density at radius 3 is 2.00 bits per heavy atom. The highest BCUT2D eigenvalue weighted by molar-refractivity contribution is 5.98. The van der Waals surface area contributed by atoms with E-state index < -0.39 is 17.4 Å². The number of carboxylic acids is 1. The van der Waals surface area contributed by atoms with Gasteiger partial charge in [0.15, 0.2) is 0 Å². The smallest absolute Gasteiger partial charge is 0.329 e. The molecule has 0 heterocycles. The number of aryl methyl sites for hydroxylation is 1. The summed E-state index contributed by atoms with van der Waals surface area (Å²) in [4.78, 5) is 25.3. The number of carbonyl (C=O) groups is 2. The molecule has 1 amide bonds. The molecular formula is C35H37NO5. The molecule has 4 aromatic rings. The fraction of sp³-hybridized carbons (Fsp3) is 0.257. The van der Waals surface area contributed by atoms with Crippen LogP contribution in [0.2, 0.25) is 0 Å². The van der Waals surface area contributed by atoms with Crippen LogP contribution in [0.5, 0.6) is 11.5 Å². The van der Waals surface area contributed by atoms with Crippen molar-refractivity contribution in [3.8, 4) is 11.5 Å². The number of aliphatic carboxylic acids is 1. The number of ether oxygens (including phenoxy) is 2. The fourth-order valence-electron chi connectivity index (χ4n) is 4.44. The summed E-state index contributed by atoms with van der Waals surface area (Å²) in [7, 11) is 0. The molecule has 0 saturated heterocycles. The van der Waals surface area contributed by atoms with Crippen molar-refractivity contribution in [2.24, 2.45) is 0 Å². The molecule has 0 bridgehead atoms. The largest absolute Gasteiger partial charge is 0.489 e. The lowest BCUT2D eigenvalue weighted by molar-refractivity contribution is -0.143. The zero-order valence-corrected chi connectivity index (χ0v) is 23.6. The summed E-state index contributed by atoms with van der Waals surface area (Å²) in [6.45, 7) is 4.52. The molecule has 0 spiro atoms. The van der Waals surface area contributed by atoms with E-state index in [4.69, 9.17) is 9.47 Å². The minimum atomic E-state index is -1.52. The van der Waals surface area contributed by atoms with Crippen LogP contribution in [0.4, 0.5) is 0 Å². The van der Waals surface area contributed by atoms with Crippen LogP contribution < -0.4 is 14.8 Å². The maximum Gasteiger partial charge on any atom is 0.329 e. The van der Waals surface area contributed by atoms with Gasteiger partial charge in [-0.1, -0.05) is 80.1 Å². The highest BCUT2D eigenvalue weighted by Gasteiger charge is 2.35. The number of nitrogens with one attached hydrogen (secondary N) is 1. The number of carboxylic acid groups (broad SMARTS) is 1. The van der Waals surface area contributed by atoms with Crippen molar-refractivity contribution in [1.29, 1.82) is 0 Å². The van der Waals surface area contributed by atoms with Crippen molar-refractivity contribution in [1.82, 2.24) is 5.32 Å². The lowest BCUT2D eigenvalue weighted by atomic mass is 9.92. The van der Waals surface area contributed by atoms with E-state index in [2.05, 4.69) is 36.5 Å². The van der Waals surface area contributed by atoms with Crippen molar-refractivity contribution >= 4 is 11.9 Å². The van der Waals surface area contributed by atoms with Crippen LogP contribution in [-0.4, -0.2) is 22.5 Å². The van der Waals surface area contributed by atoms with Crippen molar-refractivity contribution < 1.29 is 24.2 Å². The first kappa shape index (κ1) is 29.4. The van der Waals surface area contributed by atoms with Crippen molar-refractivity contribution in [3.05, 3.63) is 131 Å². The number of benzene rings is 4. The third-order valence-electron chi connectivity index (χ3n) is 6.93. The van der Waals surface area contributed by atoms with E-state index in [9.17, 15) is 14.7 Å². The van der Waals surface area contributed by atoms with Crippen LogP contribution >= 0.6 is 0 Å². The van der Waals surface area contributed by atoms with E-state index in [0.29, 0.717) is 30.3 Å². The van der Waals surface area contributed by atoms with Crippen LogP contribution in [0, 0.1) is 0 Å². The SMILES string of the molecule is CCCCc1ccc(COc2ccc(C(=O)NC(C)(Cc3cccc(OCc4ccccc4)c3)C(=O)O)cc2)cc1. The number of hydrogen-bond acceptors (Lipinski definition) is 4. The topological polar surface area (TPSA) is 84.9 Å². The van der Waals surface area contributed by atoms with E-state index in [1.165, 1.54) is 25.3 Å². The Morgan fingerprint density at radius 1 is 0.732 bits per heavy atom. The second kappa shape index (κ2) is 14.2. The summed E-state index contributed by atoms with van der Waals surface area (Å²) in [5, 5.41) is 12.7. The molecule has 6 heteroatoms. The van der Waals surface area contributed by atoms with E-state index in [-0.39, 0.29) is 6.42 Å². The average molecular weight is 552 g/mol. The molecule has 0 saturated carbocycles. The average Bonchev–Trinajstić information content (AvgIpc) is 2.99. The molecular weight excluding hydrogens is 514 g/mol. The molecule has 0 fully saturated rings. The minimum Gasteiger partial charge on any atom is -0.489 e. The molecule has 1 atom stereocenters. The number of rotatable bonds is 14. The molecule has 6 nitrogen and oxygen atoms in total. The maximum absolute atomic E-state index is 13.0. The maximum atomic E-state index is 13.0.